The van der Waals surface area contributed by atoms with Gasteiger partial charge in [-0.25, -0.2) is 9.97 Å². The van der Waals surface area contributed by atoms with E-state index in [1.165, 1.54) is 18.4 Å². The van der Waals surface area contributed by atoms with Gasteiger partial charge in [-0.1, -0.05) is 12.2 Å². The lowest BCUT2D eigenvalue weighted by molar-refractivity contribution is 0.544. The Morgan fingerprint density at radius 1 is 1.18 bits per heavy atom. The van der Waals surface area contributed by atoms with Gasteiger partial charge in [0.2, 0.25) is 0 Å². The maximum Gasteiger partial charge on any atom is 0.133 e. The summed E-state index contributed by atoms with van der Waals surface area (Å²) in [5, 5.41) is 0. The summed E-state index contributed by atoms with van der Waals surface area (Å²) < 4.78 is 0. The first-order valence-electron chi connectivity index (χ1n) is 6.41. The Balaban J connectivity index is 1.97. The Morgan fingerprint density at radius 2 is 1.82 bits per heavy atom. The Bertz CT molecular complexity index is 430. The lowest BCUT2D eigenvalue weighted by Crippen LogP contribution is -2.41. The van der Waals surface area contributed by atoms with Gasteiger partial charge < -0.3 is 4.90 Å². The van der Waals surface area contributed by atoms with Gasteiger partial charge in [0, 0.05) is 23.8 Å². The Labute approximate surface area is 103 Å². The minimum atomic E-state index is 0.620. The number of piperidine rings is 1. The van der Waals surface area contributed by atoms with Crippen molar-refractivity contribution in [2.24, 2.45) is 0 Å². The number of anilines is 1. The zero-order chi connectivity index (χ0) is 12.0. The molecule has 2 bridgehead atoms. The fraction of sp³-hybridized carbons (Fsp3) is 0.571. The number of hydrogen-bond acceptors (Lipinski definition) is 3. The van der Waals surface area contributed by atoms with Gasteiger partial charge in [-0.3, -0.25) is 0 Å². The van der Waals surface area contributed by atoms with Gasteiger partial charge in [-0.2, -0.15) is 0 Å². The molecule has 2 aliphatic heterocycles. The molecule has 0 aliphatic carbocycles. The second kappa shape index (κ2) is 3.83. The highest BCUT2D eigenvalue weighted by molar-refractivity contribution is 5.46. The van der Waals surface area contributed by atoms with E-state index in [0.717, 1.165) is 30.2 Å². The van der Waals surface area contributed by atoms with Gasteiger partial charge in [0.25, 0.3) is 0 Å². The van der Waals surface area contributed by atoms with E-state index in [4.69, 9.17) is 0 Å². The van der Waals surface area contributed by atoms with Crippen molar-refractivity contribution >= 4 is 5.82 Å². The van der Waals surface area contributed by atoms with E-state index in [1.54, 1.807) is 0 Å². The highest BCUT2D eigenvalue weighted by Gasteiger charge is 2.38. The third-order valence-electron chi connectivity index (χ3n) is 3.89. The highest BCUT2D eigenvalue weighted by atomic mass is 15.3. The molecule has 0 N–H and O–H groups in total. The average molecular weight is 229 g/mol. The van der Waals surface area contributed by atoms with E-state index in [2.05, 4.69) is 27.5 Å². The van der Waals surface area contributed by atoms with E-state index in [-0.39, 0.29) is 0 Å². The summed E-state index contributed by atoms with van der Waals surface area (Å²) >= 11 is 0. The van der Waals surface area contributed by atoms with Crippen LogP contribution in [0.15, 0.2) is 18.2 Å². The molecule has 17 heavy (non-hydrogen) atoms. The highest BCUT2D eigenvalue weighted by Crippen LogP contribution is 2.40. The maximum atomic E-state index is 4.61. The quantitative estimate of drug-likeness (QED) is 0.693. The molecule has 2 saturated heterocycles. The van der Waals surface area contributed by atoms with Crippen LogP contribution in [0.2, 0.25) is 0 Å². The summed E-state index contributed by atoms with van der Waals surface area (Å²) in [5.41, 5.74) is 2.48. The van der Waals surface area contributed by atoms with Crippen molar-refractivity contribution in [1.29, 1.82) is 0 Å². The zero-order valence-corrected chi connectivity index (χ0v) is 10.6. The average Bonchev–Trinajstić information content (AvgIpc) is 2.50. The maximum absolute atomic E-state index is 4.61. The van der Waals surface area contributed by atoms with Crippen LogP contribution in [-0.4, -0.2) is 22.1 Å². The van der Waals surface area contributed by atoms with E-state index in [9.17, 15) is 0 Å². The SMILES string of the molecule is C=C1CC2CCC(C1)N2c1cc(C)nc(C)n1. The second-order valence-corrected chi connectivity index (χ2v) is 5.37. The number of aromatic nitrogens is 2. The number of fused-ring (bicyclic) bond motifs is 2. The molecular weight excluding hydrogens is 210 g/mol. The van der Waals surface area contributed by atoms with Crippen LogP contribution < -0.4 is 4.90 Å². The molecule has 0 aromatic carbocycles. The molecule has 3 nitrogen and oxygen atoms in total. The number of hydrogen-bond donors (Lipinski definition) is 0. The molecule has 0 spiro atoms. The summed E-state index contributed by atoms with van der Waals surface area (Å²) in [4.78, 5) is 11.5. The van der Waals surface area contributed by atoms with Crippen molar-refractivity contribution < 1.29 is 0 Å². The van der Waals surface area contributed by atoms with Crippen molar-refractivity contribution in [3.05, 3.63) is 29.7 Å². The van der Waals surface area contributed by atoms with E-state index < -0.39 is 0 Å². The van der Waals surface area contributed by atoms with Gasteiger partial charge in [-0.15, -0.1) is 0 Å². The minimum Gasteiger partial charge on any atom is -0.350 e. The first-order chi connectivity index (χ1) is 8.13. The predicted octanol–water partition coefficient (Wildman–Crippen LogP) is 2.78. The normalized spacial score (nSPS) is 27.6. The first-order valence-corrected chi connectivity index (χ1v) is 6.41. The van der Waals surface area contributed by atoms with Crippen LogP contribution >= 0.6 is 0 Å². The van der Waals surface area contributed by atoms with Crippen LogP contribution in [0.25, 0.3) is 0 Å². The minimum absolute atomic E-state index is 0.620. The van der Waals surface area contributed by atoms with Crippen molar-refractivity contribution in [3.63, 3.8) is 0 Å². The Kier molecular flexibility index (Phi) is 2.42. The summed E-state index contributed by atoms with van der Waals surface area (Å²) in [5.74, 6) is 2.00. The monoisotopic (exact) mass is 229 g/mol. The third-order valence-corrected chi connectivity index (χ3v) is 3.89. The van der Waals surface area contributed by atoms with Crippen LogP contribution in [-0.2, 0) is 0 Å². The van der Waals surface area contributed by atoms with Crippen molar-refractivity contribution in [2.75, 3.05) is 4.90 Å². The van der Waals surface area contributed by atoms with Crippen molar-refractivity contribution in [3.8, 4) is 0 Å². The van der Waals surface area contributed by atoms with Crippen molar-refractivity contribution in [1.82, 2.24) is 9.97 Å². The number of aryl methyl sites for hydroxylation is 2. The fourth-order valence-electron chi connectivity index (χ4n) is 3.32. The van der Waals surface area contributed by atoms with E-state index >= 15 is 0 Å². The molecule has 90 valence electrons. The van der Waals surface area contributed by atoms with E-state index in [0.29, 0.717) is 12.1 Å². The topological polar surface area (TPSA) is 29.0 Å². The van der Waals surface area contributed by atoms with Crippen LogP contribution in [0.5, 0.6) is 0 Å². The molecule has 0 saturated carbocycles. The molecule has 1 aromatic rings. The molecule has 0 amide bonds. The zero-order valence-electron chi connectivity index (χ0n) is 10.6. The van der Waals surface area contributed by atoms with Gasteiger partial charge in [0.15, 0.2) is 0 Å². The molecule has 3 rings (SSSR count). The van der Waals surface area contributed by atoms with Gasteiger partial charge in [-0.05, 0) is 39.5 Å². The summed E-state index contributed by atoms with van der Waals surface area (Å²) in [6.45, 7) is 8.18. The molecule has 3 heteroatoms. The molecule has 1 aromatic heterocycles. The smallest absolute Gasteiger partial charge is 0.133 e. The van der Waals surface area contributed by atoms with Crippen molar-refractivity contribution in [2.45, 2.75) is 51.6 Å². The van der Waals surface area contributed by atoms with E-state index in [1.807, 2.05) is 13.8 Å². The first kappa shape index (κ1) is 10.8. The lowest BCUT2D eigenvalue weighted by Gasteiger charge is -2.37. The van der Waals surface area contributed by atoms with Crippen LogP contribution in [0, 0.1) is 13.8 Å². The lowest BCUT2D eigenvalue weighted by atomic mass is 9.98. The number of rotatable bonds is 1. The largest absolute Gasteiger partial charge is 0.350 e. The number of nitrogens with zero attached hydrogens (tertiary/aromatic N) is 3. The molecule has 2 atom stereocenters. The van der Waals surface area contributed by atoms with Crippen LogP contribution in [0.3, 0.4) is 0 Å². The van der Waals surface area contributed by atoms with Crippen LogP contribution in [0.4, 0.5) is 5.82 Å². The third kappa shape index (κ3) is 1.84. The molecule has 2 fully saturated rings. The second-order valence-electron chi connectivity index (χ2n) is 5.37. The van der Waals surface area contributed by atoms with Gasteiger partial charge in [0.1, 0.15) is 11.6 Å². The Hall–Kier alpha value is -1.38. The molecule has 2 unspecified atom stereocenters. The molecule has 3 heterocycles. The summed E-state index contributed by atoms with van der Waals surface area (Å²) in [6.07, 6.45) is 4.84. The fourth-order valence-corrected chi connectivity index (χ4v) is 3.32. The molecule has 0 radical (unpaired) electrons. The standard InChI is InChI=1S/C14H19N3/c1-9-6-12-4-5-13(7-9)17(12)14-8-10(2)15-11(3)16-14/h8,12-13H,1,4-7H2,2-3H3. The Morgan fingerprint density at radius 3 is 2.41 bits per heavy atom. The van der Waals surface area contributed by atoms with Gasteiger partial charge in [0.05, 0.1) is 0 Å². The predicted molar refractivity (Wildman–Crippen MR) is 69.2 cm³/mol. The summed E-state index contributed by atoms with van der Waals surface area (Å²) in [6, 6.07) is 3.36. The van der Waals surface area contributed by atoms with Gasteiger partial charge >= 0.3 is 0 Å². The molecule has 2 aliphatic rings. The molecular formula is C14H19N3. The summed E-state index contributed by atoms with van der Waals surface area (Å²) in [7, 11) is 0. The van der Waals surface area contributed by atoms with Crippen LogP contribution in [0.1, 0.15) is 37.2 Å².